The smallest absolute Gasteiger partial charge is 0.319 e. The van der Waals surface area contributed by atoms with Crippen molar-refractivity contribution in [3.8, 4) is 5.75 Å². The Morgan fingerprint density at radius 1 is 1.27 bits per heavy atom. The molecule has 0 aliphatic carbocycles. The van der Waals surface area contributed by atoms with Crippen LogP contribution in [0, 0.1) is 5.92 Å². The average molecular weight is 304 g/mol. The van der Waals surface area contributed by atoms with E-state index in [9.17, 15) is 9.59 Å². The minimum absolute atomic E-state index is 0.134. The number of Topliss-reactive ketones (excluding diaryl/α,β-unsaturated/α-hetero) is 1. The molecule has 0 unspecified atom stereocenters. The summed E-state index contributed by atoms with van der Waals surface area (Å²) >= 11 is 0. The second kappa shape index (κ2) is 7.22. The van der Waals surface area contributed by atoms with E-state index in [1.54, 1.807) is 7.11 Å². The van der Waals surface area contributed by atoms with Gasteiger partial charge in [-0.2, -0.15) is 0 Å². The number of carbonyl (C=O) groups is 2. The molecule has 1 aromatic rings. The molecule has 1 aromatic carbocycles. The number of ether oxygens (including phenoxy) is 3. The van der Waals surface area contributed by atoms with Crippen molar-refractivity contribution in [1.29, 1.82) is 0 Å². The standard InChI is InChI=1S/C17H20O5/c1-11(10-12-4-6-13(20-2)7-5-12)16-15(17(19)21-3)14(18)8-9-22-16/h4-7,10,15-16H,8-9H2,1-3H3/b11-10+/t15-,16+/m0/s1. The molecule has 1 heterocycles. The molecule has 1 aliphatic heterocycles. The van der Waals surface area contributed by atoms with Crippen LogP contribution in [0.1, 0.15) is 18.9 Å². The number of hydrogen-bond donors (Lipinski definition) is 0. The molecule has 0 radical (unpaired) electrons. The summed E-state index contributed by atoms with van der Waals surface area (Å²) < 4.78 is 15.5. The summed E-state index contributed by atoms with van der Waals surface area (Å²) in [5.41, 5.74) is 1.76. The van der Waals surface area contributed by atoms with Gasteiger partial charge in [0.15, 0.2) is 5.78 Å². The first kappa shape index (κ1) is 16.2. The normalized spacial score (nSPS) is 22.3. The third-order valence-electron chi connectivity index (χ3n) is 3.71. The summed E-state index contributed by atoms with van der Waals surface area (Å²) in [6, 6.07) is 7.51. The highest BCUT2D eigenvalue weighted by molar-refractivity contribution is 6.00. The fourth-order valence-electron chi connectivity index (χ4n) is 2.53. The molecule has 0 bridgehead atoms. The lowest BCUT2D eigenvalue weighted by atomic mass is 9.88. The first-order valence-electron chi connectivity index (χ1n) is 7.11. The first-order valence-corrected chi connectivity index (χ1v) is 7.11. The Morgan fingerprint density at radius 3 is 2.55 bits per heavy atom. The van der Waals surface area contributed by atoms with Gasteiger partial charge in [-0.3, -0.25) is 9.59 Å². The molecule has 5 heteroatoms. The lowest BCUT2D eigenvalue weighted by Crippen LogP contribution is -2.43. The van der Waals surface area contributed by atoms with Crippen LogP contribution >= 0.6 is 0 Å². The highest BCUT2D eigenvalue weighted by Crippen LogP contribution is 2.26. The average Bonchev–Trinajstić information content (AvgIpc) is 2.54. The molecule has 0 aromatic heterocycles. The lowest BCUT2D eigenvalue weighted by Gasteiger charge is -2.29. The minimum atomic E-state index is -0.881. The maximum Gasteiger partial charge on any atom is 0.319 e. The van der Waals surface area contributed by atoms with Crippen molar-refractivity contribution in [2.75, 3.05) is 20.8 Å². The van der Waals surface area contributed by atoms with Gasteiger partial charge in [0.25, 0.3) is 0 Å². The van der Waals surface area contributed by atoms with Gasteiger partial charge in [-0.15, -0.1) is 0 Å². The molecule has 118 valence electrons. The predicted molar refractivity (Wildman–Crippen MR) is 81.5 cm³/mol. The van der Waals surface area contributed by atoms with E-state index in [0.717, 1.165) is 16.9 Å². The topological polar surface area (TPSA) is 61.8 Å². The summed E-state index contributed by atoms with van der Waals surface area (Å²) in [6.45, 7) is 2.17. The van der Waals surface area contributed by atoms with Crippen LogP contribution in [0.3, 0.4) is 0 Å². The summed E-state index contributed by atoms with van der Waals surface area (Å²) in [5, 5.41) is 0. The number of carbonyl (C=O) groups excluding carboxylic acids is 2. The zero-order valence-electron chi connectivity index (χ0n) is 13.0. The Labute approximate surface area is 129 Å². The van der Waals surface area contributed by atoms with Crippen molar-refractivity contribution in [3.63, 3.8) is 0 Å². The number of hydrogen-bond acceptors (Lipinski definition) is 5. The van der Waals surface area contributed by atoms with Crippen LogP contribution in [0.25, 0.3) is 6.08 Å². The minimum Gasteiger partial charge on any atom is -0.497 e. The van der Waals surface area contributed by atoms with E-state index in [-0.39, 0.29) is 12.2 Å². The highest BCUT2D eigenvalue weighted by Gasteiger charge is 2.40. The Bertz CT molecular complexity index is 565. The first-order chi connectivity index (χ1) is 10.6. The van der Waals surface area contributed by atoms with Gasteiger partial charge in [0, 0.05) is 6.42 Å². The zero-order chi connectivity index (χ0) is 16.1. The second-order valence-electron chi connectivity index (χ2n) is 5.17. The van der Waals surface area contributed by atoms with Crippen molar-refractivity contribution in [2.24, 2.45) is 5.92 Å². The summed E-state index contributed by atoms with van der Waals surface area (Å²) in [7, 11) is 2.89. The molecular formula is C17H20O5. The fourth-order valence-corrected chi connectivity index (χ4v) is 2.53. The number of methoxy groups -OCH3 is 2. The third kappa shape index (κ3) is 3.54. The maximum atomic E-state index is 12.0. The van der Waals surface area contributed by atoms with Gasteiger partial charge in [0.1, 0.15) is 11.7 Å². The van der Waals surface area contributed by atoms with Crippen molar-refractivity contribution < 1.29 is 23.8 Å². The van der Waals surface area contributed by atoms with Gasteiger partial charge in [-0.25, -0.2) is 0 Å². The molecule has 1 fully saturated rings. The van der Waals surface area contributed by atoms with E-state index in [1.165, 1.54) is 7.11 Å². The monoisotopic (exact) mass is 304 g/mol. The Morgan fingerprint density at radius 2 is 1.95 bits per heavy atom. The number of ketones is 1. The molecule has 2 atom stereocenters. The molecule has 5 nitrogen and oxygen atoms in total. The quantitative estimate of drug-likeness (QED) is 0.630. The summed E-state index contributed by atoms with van der Waals surface area (Å²) in [5.74, 6) is -0.789. The Kier molecular flexibility index (Phi) is 5.33. The fraction of sp³-hybridized carbons (Fsp3) is 0.412. The van der Waals surface area contributed by atoms with Crippen LogP contribution in [0.4, 0.5) is 0 Å². The van der Waals surface area contributed by atoms with Gasteiger partial charge < -0.3 is 14.2 Å². The van der Waals surface area contributed by atoms with E-state index < -0.39 is 18.0 Å². The van der Waals surface area contributed by atoms with Crippen LogP contribution < -0.4 is 4.74 Å². The zero-order valence-corrected chi connectivity index (χ0v) is 13.0. The summed E-state index contributed by atoms with van der Waals surface area (Å²) in [4.78, 5) is 23.9. The van der Waals surface area contributed by atoms with Crippen LogP contribution in [-0.2, 0) is 19.1 Å². The van der Waals surface area contributed by atoms with E-state index in [4.69, 9.17) is 14.2 Å². The molecule has 2 rings (SSSR count). The van der Waals surface area contributed by atoms with Crippen LogP contribution in [0.15, 0.2) is 29.8 Å². The Hall–Kier alpha value is -2.14. The largest absolute Gasteiger partial charge is 0.497 e. The van der Waals surface area contributed by atoms with E-state index in [2.05, 4.69) is 0 Å². The molecule has 1 saturated heterocycles. The second-order valence-corrected chi connectivity index (χ2v) is 5.17. The molecule has 0 saturated carbocycles. The molecule has 1 aliphatic rings. The third-order valence-corrected chi connectivity index (χ3v) is 3.71. The lowest BCUT2D eigenvalue weighted by molar-refractivity contribution is -0.159. The van der Waals surface area contributed by atoms with Crippen molar-refractivity contribution in [3.05, 3.63) is 35.4 Å². The van der Waals surface area contributed by atoms with Crippen molar-refractivity contribution in [1.82, 2.24) is 0 Å². The van der Waals surface area contributed by atoms with Gasteiger partial charge in [0.2, 0.25) is 0 Å². The van der Waals surface area contributed by atoms with Gasteiger partial charge in [-0.05, 0) is 30.2 Å². The van der Waals surface area contributed by atoms with E-state index in [1.807, 2.05) is 37.3 Å². The number of rotatable bonds is 4. The Balaban J connectivity index is 2.24. The maximum absolute atomic E-state index is 12.0. The van der Waals surface area contributed by atoms with Crippen molar-refractivity contribution >= 4 is 17.8 Å². The van der Waals surface area contributed by atoms with E-state index in [0.29, 0.717) is 6.61 Å². The van der Waals surface area contributed by atoms with Crippen LogP contribution in [0.5, 0.6) is 5.75 Å². The van der Waals surface area contributed by atoms with Gasteiger partial charge in [0.05, 0.1) is 26.9 Å². The van der Waals surface area contributed by atoms with Gasteiger partial charge >= 0.3 is 5.97 Å². The number of esters is 1. The summed E-state index contributed by atoms with van der Waals surface area (Å²) in [6.07, 6.45) is 1.57. The number of benzene rings is 1. The van der Waals surface area contributed by atoms with Crippen LogP contribution in [0.2, 0.25) is 0 Å². The van der Waals surface area contributed by atoms with Gasteiger partial charge in [-0.1, -0.05) is 18.2 Å². The van der Waals surface area contributed by atoms with Crippen LogP contribution in [-0.4, -0.2) is 38.7 Å². The molecule has 0 amide bonds. The predicted octanol–water partition coefficient (Wildman–Crippen LogP) is 2.25. The molecule has 0 N–H and O–H groups in total. The SMILES string of the molecule is COC(=O)[C@H]1C(=O)CCO[C@@H]1/C(C)=C/c1ccc(OC)cc1. The molecule has 22 heavy (non-hydrogen) atoms. The molecule has 0 spiro atoms. The van der Waals surface area contributed by atoms with Crippen molar-refractivity contribution in [2.45, 2.75) is 19.4 Å². The highest BCUT2D eigenvalue weighted by atomic mass is 16.5. The van der Waals surface area contributed by atoms with E-state index >= 15 is 0 Å². The molecular weight excluding hydrogens is 284 g/mol.